The Morgan fingerprint density at radius 1 is 0.625 bits per heavy atom. The van der Waals surface area contributed by atoms with Crippen LogP contribution in [0.1, 0.15) is 145 Å². The smallest absolute Gasteiger partial charge is 0.231 e. The standard InChI is InChI=1S/C37H68N8O3/c1-34(2)23-27(24-35(3,4)44(34)47-29-17-13-11-14-18-29)42(9)32-39-31(38-21-22-46)40-33(41-32)43(10)28-25-36(5,6)45(37(7,8)26-28)48-30-19-15-12-16-20-30/h27-30,46H,11-26H2,1-10H3,(H,38,39,40,41). The lowest BCUT2D eigenvalue weighted by molar-refractivity contribution is -0.310. The predicted octanol–water partition coefficient (Wildman–Crippen LogP) is 6.72. The van der Waals surface area contributed by atoms with Crippen molar-refractivity contribution in [2.45, 2.75) is 192 Å². The first kappa shape index (κ1) is 37.5. The number of hydrogen-bond donors (Lipinski definition) is 2. The molecule has 274 valence electrons. The zero-order valence-corrected chi connectivity index (χ0v) is 32.0. The summed E-state index contributed by atoms with van der Waals surface area (Å²) >= 11 is 0. The Morgan fingerprint density at radius 2 is 0.979 bits per heavy atom. The Bertz CT molecular complexity index is 1080. The van der Waals surface area contributed by atoms with E-state index < -0.39 is 0 Å². The SMILES string of the molecule is CN(c1nc(NCCO)nc(N(C)C2CC(C)(C)N(OC3CCCCC3)C(C)(C)C2)n1)C1CC(C)(C)N(OC2CCCCC2)C(C)(C)C1. The summed E-state index contributed by atoms with van der Waals surface area (Å²) in [6.45, 7) is 18.9. The van der Waals surface area contributed by atoms with E-state index in [1.54, 1.807) is 0 Å². The number of hydrogen-bond acceptors (Lipinski definition) is 11. The molecule has 3 heterocycles. The monoisotopic (exact) mass is 673 g/mol. The van der Waals surface area contributed by atoms with Crippen LogP contribution in [-0.4, -0.2) is 104 Å². The molecule has 2 saturated carbocycles. The Hall–Kier alpha value is -1.79. The molecule has 2 saturated heterocycles. The highest BCUT2D eigenvalue weighted by Gasteiger charge is 2.50. The summed E-state index contributed by atoms with van der Waals surface area (Å²) < 4.78 is 0. The van der Waals surface area contributed by atoms with Gasteiger partial charge >= 0.3 is 0 Å². The van der Waals surface area contributed by atoms with E-state index in [2.05, 4.69) is 94.7 Å². The van der Waals surface area contributed by atoms with E-state index in [1.807, 2.05) is 0 Å². The molecule has 0 unspecified atom stereocenters. The highest BCUT2D eigenvalue weighted by Crippen LogP contribution is 2.44. The molecule has 0 spiro atoms. The van der Waals surface area contributed by atoms with Gasteiger partial charge in [0.25, 0.3) is 0 Å². The predicted molar refractivity (Wildman–Crippen MR) is 194 cm³/mol. The molecule has 11 nitrogen and oxygen atoms in total. The normalized spacial score (nSPS) is 26.0. The second-order valence-corrected chi connectivity index (χ2v) is 17.8. The van der Waals surface area contributed by atoms with Crippen molar-refractivity contribution in [2.24, 2.45) is 0 Å². The highest BCUT2D eigenvalue weighted by molar-refractivity contribution is 5.46. The maximum absolute atomic E-state index is 9.62. The molecule has 11 heteroatoms. The third-order valence-electron chi connectivity index (χ3n) is 11.5. The van der Waals surface area contributed by atoms with Crippen molar-refractivity contribution >= 4 is 17.8 Å². The van der Waals surface area contributed by atoms with Crippen LogP contribution in [-0.2, 0) is 9.68 Å². The van der Waals surface area contributed by atoms with Crippen LogP contribution in [0.5, 0.6) is 0 Å². The Labute approximate surface area is 291 Å². The van der Waals surface area contributed by atoms with Crippen LogP contribution in [0.25, 0.3) is 0 Å². The summed E-state index contributed by atoms with van der Waals surface area (Å²) in [5.41, 5.74) is -0.637. The Balaban J connectivity index is 1.35. The summed E-state index contributed by atoms with van der Waals surface area (Å²) in [7, 11) is 4.24. The minimum absolute atomic E-state index is 0.00565. The van der Waals surface area contributed by atoms with E-state index >= 15 is 0 Å². The summed E-state index contributed by atoms with van der Waals surface area (Å²) in [5.74, 6) is 1.81. The molecule has 48 heavy (non-hydrogen) atoms. The number of aliphatic hydroxyl groups excluding tert-OH is 1. The number of aliphatic hydroxyl groups is 1. The number of aromatic nitrogens is 3. The fourth-order valence-electron chi connectivity index (χ4n) is 9.42. The van der Waals surface area contributed by atoms with Crippen LogP contribution in [0.2, 0.25) is 0 Å². The van der Waals surface area contributed by atoms with Crippen LogP contribution in [0.3, 0.4) is 0 Å². The van der Waals surface area contributed by atoms with Gasteiger partial charge < -0.3 is 20.2 Å². The average molecular weight is 673 g/mol. The number of nitrogens with one attached hydrogen (secondary N) is 1. The van der Waals surface area contributed by atoms with Crippen LogP contribution < -0.4 is 15.1 Å². The molecule has 1 aromatic rings. The van der Waals surface area contributed by atoms with Gasteiger partial charge in [-0.15, -0.1) is 0 Å². The number of anilines is 3. The van der Waals surface area contributed by atoms with E-state index in [1.165, 1.54) is 38.5 Å². The molecule has 0 aromatic carbocycles. The molecular formula is C37H68N8O3. The molecule has 4 aliphatic rings. The lowest BCUT2D eigenvalue weighted by atomic mass is 9.78. The molecule has 1 aromatic heterocycles. The highest BCUT2D eigenvalue weighted by atomic mass is 16.7. The van der Waals surface area contributed by atoms with Crippen molar-refractivity contribution in [1.82, 2.24) is 25.1 Å². The number of hydroxylamine groups is 4. The summed E-state index contributed by atoms with van der Waals surface area (Å²) in [5, 5.41) is 17.5. The molecule has 0 bridgehead atoms. The molecule has 0 amide bonds. The zero-order chi connectivity index (χ0) is 34.9. The molecule has 2 N–H and O–H groups in total. The van der Waals surface area contributed by atoms with Crippen molar-refractivity contribution in [2.75, 3.05) is 42.4 Å². The van der Waals surface area contributed by atoms with E-state index in [0.29, 0.717) is 36.6 Å². The minimum atomic E-state index is -0.159. The maximum atomic E-state index is 9.62. The maximum Gasteiger partial charge on any atom is 0.231 e. The molecule has 0 atom stereocenters. The van der Waals surface area contributed by atoms with Crippen LogP contribution in [0.15, 0.2) is 0 Å². The Morgan fingerprint density at radius 3 is 1.31 bits per heavy atom. The van der Waals surface area contributed by atoms with Gasteiger partial charge in [-0.1, -0.05) is 38.5 Å². The zero-order valence-electron chi connectivity index (χ0n) is 32.0. The lowest BCUT2D eigenvalue weighted by Crippen LogP contribution is -2.65. The minimum Gasteiger partial charge on any atom is -0.395 e. The van der Waals surface area contributed by atoms with E-state index in [-0.39, 0.29) is 40.8 Å². The van der Waals surface area contributed by atoms with Crippen molar-refractivity contribution in [1.29, 1.82) is 0 Å². The third kappa shape index (κ3) is 8.56. The Kier molecular flexibility index (Phi) is 11.6. The van der Waals surface area contributed by atoms with Crippen molar-refractivity contribution < 1.29 is 14.8 Å². The molecule has 5 rings (SSSR count). The van der Waals surface area contributed by atoms with Crippen LogP contribution in [0, 0.1) is 0 Å². The fourth-order valence-corrected chi connectivity index (χ4v) is 9.42. The quantitative estimate of drug-likeness (QED) is 0.262. The van der Waals surface area contributed by atoms with Gasteiger partial charge in [0.15, 0.2) is 0 Å². The topological polar surface area (TPSA) is 102 Å². The molecule has 2 aliphatic carbocycles. The number of rotatable bonds is 11. The molecule has 0 radical (unpaired) electrons. The van der Waals surface area contributed by atoms with Crippen molar-refractivity contribution in [3.8, 4) is 0 Å². The molecular weight excluding hydrogens is 604 g/mol. The first-order valence-electron chi connectivity index (χ1n) is 19.0. The van der Waals surface area contributed by atoms with Gasteiger partial charge in [-0.25, -0.2) is 0 Å². The van der Waals surface area contributed by atoms with Gasteiger partial charge in [0.05, 0.1) is 18.8 Å². The number of piperidine rings is 2. The van der Waals surface area contributed by atoms with Gasteiger partial charge in [0.2, 0.25) is 17.8 Å². The second-order valence-electron chi connectivity index (χ2n) is 17.8. The summed E-state index contributed by atoms with van der Waals surface area (Å²) in [6.07, 6.45) is 16.6. The fraction of sp³-hybridized carbons (Fsp3) is 0.919. The first-order valence-corrected chi connectivity index (χ1v) is 19.0. The van der Waals surface area contributed by atoms with Gasteiger partial charge in [-0.2, -0.15) is 25.1 Å². The lowest BCUT2D eigenvalue weighted by Gasteiger charge is -2.56. The largest absolute Gasteiger partial charge is 0.395 e. The van der Waals surface area contributed by atoms with E-state index in [0.717, 1.165) is 51.4 Å². The first-order chi connectivity index (χ1) is 22.5. The van der Waals surface area contributed by atoms with Crippen molar-refractivity contribution in [3.63, 3.8) is 0 Å². The van der Waals surface area contributed by atoms with E-state index in [9.17, 15) is 5.11 Å². The summed E-state index contributed by atoms with van der Waals surface area (Å²) in [4.78, 5) is 33.0. The molecule has 2 aliphatic heterocycles. The van der Waals surface area contributed by atoms with Crippen molar-refractivity contribution in [3.05, 3.63) is 0 Å². The second kappa shape index (κ2) is 14.8. The van der Waals surface area contributed by atoms with Crippen LogP contribution in [0.4, 0.5) is 17.8 Å². The van der Waals surface area contributed by atoms with Gasteiger partial charge in [-0.05, 0) is 107 Å². The third-order valence-corrected chi connectivity index (χ3v) is 11.5. The molecule has 4 fully saturated rings. The van der Waals surface area contributed by atoms with Gasteiger partial charge in [-0.3, -0.25) is 9.68 Å². The van der Waals surface area contributed by atoms with Crippen LogP contribution >= 0.6 is 0 Å². The summed E-state index contributed by atoms with van der Waals surface area (Å²) in [6, 6.07) is 0.427. The van der Waals surface area contributed by atoms with Gasteiger partial charge in [0.1, 0.15) is 0 Å². The number of nitrogens with zero attached hydrogens (tertiary/aromatic N) is 7. The van der Waals surface area contributed by atoms with Gasteiger partial charge in [0, 0.05) is 54.9 Å². The average Bonchev–Trinajstić information content (AvgIpc) is 3.03. The van der Waals surface area contributed by atoms with E-state index in [4.69, 9.17) is 24.6 Å².